The minimum absolute atomic E-state index is 0. The zero-order chi connectivity index (χ0) is 16.3. The molecular formula is C16H25Cl2F3N2O. The van der Waals surface area contributed by atoms with Crippen LogP contribution in [0.25, 0.3) is 0 Å². The van der Waals surface area contributed by atoms with Crippen LogP contribution in [0, 0.1) is 13.8 Å². The van der Waals surface area contributed by atoms with Gasteiger partial charge in [-0.15, -0.1) is 24.8 Å². The minimum atomic E-state index is -4.15. The van der Waals surface area contributed by atoms with E-state index in [-0.39, 0.29) is 43.0 Å². The molecule has 1 aliphatic heterocycles. The summed E-state index contributed by atoms with van der Waals surface area (Å²) in [7, 11) is 0. The van der Waals surface area contributed by atoms with E-state index in [4.69, 9.17) is 0 Å². The summed E-state index contributed by atoms with van der Waals surface area (Å²) >= 11 is 0. The zero-order valence-electron chi connectivity index (χ0n) is 13.8. The number of phenolic OH excluding ortho intramolecular Hbond substituents is 1. The first kappa shape index (κ1) is 23.3. The maximum absolute atomic E-state index is 12.7. The van der Waals surface area contributed by atoms with Crippen molar-refractivity contribution in [3.63, 3.8) is 0 Å². The molecule has 140 valence electrons. The highest BCUT2D eigenvalue weighted by atomic mass is 35.5. The summed E-state index contributed by atoms with van der Waals surface area (Å²) in [5, 5.41) is 13.1. The lowest BCUT2D eigenvalue weighted by Crippen LogP contribution is -2.45. The molecule has 0 spiro atoms. The monoisotopic (exact) mass is 388 g/mol. The van der Waals surface area contributed by atoms with E-state index in [0.717, 1.165) is 31.7 Å². The molecule has 0 amide bonds. The maximum Gasteiger partial charge on any atom is 0.389 e. The van der Waals surface area contributed by atoms with Gasteiger partial charge in [0.05, 0.1) is 0 Å². The average Bonchev–Trinajstić information content (AvgIpc) is 2.45. The van der Waals surface area contributed by atoms with Crippen molar-refractivity contribution in [2.45, 2.75) is 38.9 Å². The van der Waals surface area contributed by atoms with Gasteiger partial charge >= 0.3 is 6.18 Å². The van der Waals surface area contributed by atoms with Crippen molar-refractivity contribution in [3.8, 4) is 5.75 Å². The largest absolute Gasteiger partial charge is 0.507 e. The van der Waals surface area contributed by atoms with Crippen molar-refractivity contribution < 1.29 is 18.3 Å². The van der Waals surface area contributed by atoms with Crippen LogP contribution >= 0.6 is 24.8 Å². The van der Waals surface area contributed by atoms with Crippen molar-refractivity contribution in [2.24, 2.45) is 0 Å². The van der Waals surface area contributed by atoms with Crippen LogP contribution in [0.2, 0.25) is 0 Å². The SMILES string of the molecule is Cc1cc([C@@H](CCC(F)(F)F)N2CCNCC2)cc(C)c1O.Cl.Cl. The number of rotatable bonds is 4. The van der Waals surface area contributed by atoms with E-state index in [2.05, 4.69) is 10.2 Å². The van der Waals surface area contributed by atoms with E-state index in [1.165, 1.54) is 0 Å². The molecule has 0 aliphatic carbocycles. The molecular weight excluding hydrogens is 364 g/mol. The molecule has 1 atom stereocenters. The lowest BCUT2D eigenvalue weighted by atomic mass is 9.95. The second kappa shape index (κ2) is 9.70. The summed E-state index contributed by atoms with van der Waals surface area (Å²) in [4.78, 5) is 2.10. The van der Waals surface area contributed by atoms with Crippen molar-refractivity contribution in [3.05, 3.63) is 28.8 Å². The fourth-order valence-electron chi connectivity index (χ4n) is 3.04. The van der Waals surface area contributed by atoms with Crippen LogP contribution < -0.4 is 5.32 Å². The molecule has 24 heavy (non-hydrogen) atoms. The van der Waals surface area contributed by atoms with Gasteiger partial charge in [-0.2, -0.15) is 13.2 Å². The predicted octanol–water partition coefficient (Wildman–Crippen LogP) is 4.14. The number of alkyl halides is 3. The van der Waals surface area contributed by atoms with E-state index >= 15 is 0 Å². The molecule has 0 radical (unpaired) electrons. The first-order valence-electron chi connectivity index (χ1n) is 7.59. The Bertz CT molecular complexity index is 498. The van der Waals surface area contributed by atoms with Crippen molar-refractivity contribution in [1.29, 1.82) is 0 Å². The van der Waals surface area contributed by atoms with Crippen LogP contribution in [0.4, 0.5) is 13.2 Å². The van der Waals surface area contributed by atoms with Gasteiger partial charge in [0.2, 0.25) is 0 Å². The van der Waals surface area contributed by atoms with Crippen LogP contribution in [0.15, 0.2) is 12.1 Å². The summed E-state index contributed by atoms with van der Waals surface area (Å²) < 4.78 is 38.0. The number of hydrogen-bond acceptors (Lipinski definition) is 3. The van der Waals surface area contributed by atoms with Gasteiger partial charge in [-0.1, -0.05) is 12.1 Å². The van der Waals surface area contributed by atoms with Crippen molar-refractivity contribution >= 4 is 24.8 Å². The van der Waals surface area contributed by atoms with E-state index in [9.17, 15) is 18.3 Å². The molecule has 8 heteroatoms. The van der Waals surface area contributed by atoms with Crippen LogP contribution in [0.1, 0.15) is 35.6 Å². The van der Waals surface area contributed by atoms with Crippen molar-refractivity contribution in [1.82, 2.24) is 10.2 Å². The fraction of sp³-hybridized carbons (Fsp3) is 0.625. The first-order valence-corrected chi connectivity index (χ1v) is 7.59. The number of aromatic hydroxyl groups is 1. The van der Waals surface area contributed by atoms with Crippen LogP contribution in [-0.4, -0.2) is 42.4 Å². The lowest BCUT2D eigenvalue weighted by Gasteiger charge is -2.36. The number of piperazine rings is 1. The average molecular weight is 389 g/mol. The lowest BCUT2D eigenvalue weighted by molar-refractivity contribution is -0.138. The molecule has 1 saturated heterocycles. The molecule has 3 nitrogen and oxygen atoms in total. The number of nitrogens with one attached hydrogen (secondary N) is 1. The summed E-state index contributed by atoms with van der Waals surface area (Å²) in [6, 6.07) is 3.36. The summed E-state index contributed by atoms with van der Waals surface area (Å²) in [6.45, 7) is 6.62. The van der Waals surface area contributed by atoms with Gasteiger partial charge in [0.25, 0.3) is 0 Å². The molecule has 2 rings (SSSR count). The highest BCUT2D eigenvalue weighted by molar-refractivity contribution is 5.85. The topological polar surface area (TPSA) is 35.5 Å². The Morgan fingerprint density at radius 1 is 1.12 bits per heavy atom. The first-order chi connectivity index (χ1) is 10.3. The molecule has 1 aromatic carbocycles. The van der Waals surface area contributed by atoms with Gasteiger partial charge < -0.3 is 10.4 Å². The molecule has 1 aromatic rings. The van der Waals surface area contributed by atoms with Crippen molar-refractivity contribution in [2.75, 3.05) is 26.2 Å². The molecule has 2 N–H and O–H groups in total. The Kier molecular flexibility index (Phi) is 9.43. The Morgan fingerprint density at radius 2 is 1.62 bits per heavy atom. The van der Waals surface area contributed by atoms with Gasteiger partial charge in [0.15, 0.2) is 0 Å². The van der Waals surface area contributed by atoms with E-state index < -0.39 is 12.6 Å². The van der Waals surface area contributed by atoms with E-state index in [1.807, 2.05) is 12.1 Å². The smallest absolute Gasteiger partial charge is 0.389 e. The third-order valence-corrected chi connectivity index (χ3v) is 4.19. The van der Waals surface area contributed by atoms with Gasteiger partial charge in [0.1, 0.15) is 5.75 Å². The van der Waals surface area contributed by atoms with E-state index in [0.29, 0.717) is 11.1 Å². The molecule has 1 fully saturated rings. The second-order valence-electron chi connectivity index (χ2n) is 5.96. The third-order valence-electron chi connectivity index (χ3n) is 4.19. The highest BCUT2D eigenvalue weighted by Crippen LogP contribution is 2.34. The standard InChI is InChI=1S/C16H23F3N2O.2ClH/c1-11-9-13(10-12(2)15(11)22)14(3-4-16(17,18)19)21-7-5-20-6-8-21;;/h9-10,14,20,22H,3-8H2,1-2H3;2*1H/t14-;;/m1../s1. The quantitative estimate of drug-likeness (QED) is 0.813. The highest BCUT2D eigenvalue weighted by Gasteiger charge is 2.31. The van der Waals surface area contributed by atoms with E-state index in [1.54, 1.807) is 13.8 Å². The van der Waals surface area contributed by atoms with Gasteiger partial charge in [-0.25, -0.2) is 0 Å². The van der Waals surface area contributed by atoms with Gasteiger partial charge in [0, 0.05) is 38.6 Å². The van der Waals surface area contributed by atoms with Crippen LogP contribution in [0.3, 0.4) is 0 Å². The van der Waals surface area contributed by atoms with Gasteiger partial charge in [-0.3, -0.25) is 4.90 Å². The zero-order valence-corrected chi connectivity index (χ0v) is 15.5. The summed E-state index contributed by atoms with van der Waals surface area (Å²) in [6.07, 6.45) is -4.89. The minimum Gasteiger partial charge on any atom is -0.507 e. The Morgan fingerprint density at radius 3 is 2.08 bits per heavy atom. The number of phenols is 1. The second-order valence-corrected chi connectivity index (χ2v) is 5.96. The third kappa shape index (κ3) is 6.31. The number of nitrogens with zero attached hydrogens (tertiary/aromatic N) is 1. The summed E-state index contributed by atoms with van der Waals surface area (Å²) in [5.41, 5.74) is 2.28. The Labute approximate surface area is 153 Å². The number of hydrogen-bond donors (Lipinski definition) is 2. The molecule has 0 bridgehead atoms. The number of halogens is 5. The molecule has 1 aliphatic rings. The molecule has 1 heterocycles. The predicted molar refractivity (Wildman–Crippen MR) is 94.5 cm³/mol. The fourth-order valence-corrected chi connectivity index (χ4v) is 3.04. The van der Waals surface area contributed by atoms with Crippen LogP contribution in [-0.2, 0) is 0 Å². The summed E-state index contributed by atoms with van der Waals surface area (Å²) in [5.74, 6) is 0.221. The normalized spacial score (nSPS) is 16.9. The molecule has 0 saturated carbocycles. The Balaban J connectivity index is 0.00000264. The molecule has 0 unspecified atom stereocenters. The number of aryl methyl sites for hydroxylation is 2. The van der Waals surface area contributed by atoms with Gasteiger partial charge in [-0.05, 0) is 37.0 Å². The number of benzene rings is 1. The molecule has 0 aromatic heterocycles. The Hall–Kier alpha value is -0.690. The maximum atomic E-state index is 12.7. The van der Waals surface area contributed by atoms with Crippen LogP contribution in [0.5, 0.6) is 5.75 Å².